The van der Waals surface area contributed by atoms with Gasteiger partial charge in [0.05, 0.1) is 13.2 Å². The number of nitrogens with zero attached hydrogens (tertiary/aromatic N) is 2. The number of carbonyl (C=O) groups excluding carboxylic acids is 1. The SMILES string of the molecule is O=C(C[C@H]1COCCN1)N(CCc1ccc(F)cc1)Cc1cccnc1. The van der Waals surface area contributed by atoms with Crippen LogP contribution >= 0.6 is 0 Å². The molecule has 3 rings (SSSR count). The number of pyridine rings is 1. The van der Waals surface area contributed by atoms with Crippen molar-refractivity contribution in [2.75, 3.05) is 26.3 Å². The Hall–Kier alpha value is -2.31. The molecule has 1 atom stereocenters. The highest BCUT2D eigenvalue weighted by Crippen LogP contribution is 2.11. The molecule has 138 valence electrons. The van der Waals surface area contributed by atoms with Crippen molar-refractivity contribution in [3.05, 3.63) is 65.7 Å². The van der Waals surface area contributed by atoms with E-state index in [1.807, 2.05) is 17.0 Å². The van der Waals surface area contributed by atoms with Gasteiger partial charge in [0.25, 0.3) is 0 Å². The molecule has 2 heterocycles. The van der Waals surface area contributed by atoms with Crippen molar-refractivity contribution in [1.29, 1.82) is 0 Å². The molecule has 0 aliphatic carbocycles. The average Bonchev–Trinajstić information content (AvgIpc) is 2.68. The molecule has 1 aromatic heterocycles. The van der Waals surface area contributed by atoms with Crippen molar-refractivity contribution in [3.63, 3.8) is 0 Å². The largest absolute Gasteiger partial charge is 0.378 e. The lowest BCUT2D eigenvalue weighted by molar-refractivity contribution is -0.133. The fourth-order valence-electron chi connectivity index (χ4n) is 3.01. The average molecular weight is 357 g/mol. The van der Waals surface area contributed by atoms with Gasteiger partial charge in [-0.15, -0.1) is 0 Å². The Morgan fingerprint density at radius 1 is 1.27 bits per heavy atom. The molecular weight excluding hydrogens is 333 g/mol. The number of hydrogen-bond donors (Lipinski definition) is 1. The Balaban J connectivity index is 1.63. The third kappa shape index (κ3) is 5.61. The summed E-state index contributed by atoms with van der Waals surface area (Å²) < 4.78 is 18.5. The predicted molar refractivity (Wildman–Crippen MR) is 97.0 cm³/mol. The van der Waals surface area contributed by atoms with Gasteiger partial charge >= 0.3 is 0 Å². The number of aromatic nitrogens is 1. The first-order chi connectivity index (χ1) is 12.7. The smallest absolute Gasteiger partial charge is 0.224 e. The summed E-state index contributed by atoms with van der Waals surface area (Å²) in [6.07, 6.45) is 4.59. The van der Waals surface area contributed by atoms with Crippen LogP contribution in [0, 0.1) is 5.82 Å². The van der Waals surface area contributed by atoms with Crippen molar-refractivity contribution in [2.45, 2.75) is 25.4 Å². The van der Waals surface area contributed by atoms with Gasteiger partial charge in [-0.05, 0) is 35.7 Å². The van der Waals surface area contributed by atoms with Crippen LogP contribution in [-0.4, -0.2) is 48.1 Å². The molecule has 1 amide bonds. The van der Waals surface area contributed by atoms with Gasteiger partial charge in [-0.25, -0.2) is 4.39 Å². The van der Waals surface area contributed by atoms with Crippen LogP contribution in [0.15, 0.2) is 48.8 Å². The summed E-state index contributed by atoms with van der Waals surface area (Å²) in [6, 6.07) is 10.3. The maximum absolute atomic E-state index is 13.1. The van der Waals surface area contributed by atoms with Gasteiger partial charge in [0.15, 0.2) is 0 Å². The standard InChI is InChI=1S/C20H24FN3O2/c21-18-5-3-16(4-6-18)7-10-24(14-17-2-1-8-22-13-17)20(25)12-19-15-26-11-9-23-19/h1-6,8,13,19,23H,7,9-12,14-15H2/t19-/m0/s1. The Morgan fingerprint density at radius 2 is 2.12 bits per heavy atom. The Bertz CT molecular complexity index is 688. The van der Waals surface area contributed by atoms with E-state index in [2.05, 4.69) is 10.3 Å². The van der Waals surface area contributed by atoms with Crippen LogP contribution < -0.4 is 5.32 Å². The second-order valence-electron chi connectivity index (χ2n) is 6.48. The summed E-state index contributed by atoms with van der Waals surface area (Å²) in [5.74, 6) is -0.167. The molecule has 1 fully saturated rings. The normalized spacial score (nSPS) is 17.0. The Labute approximate surface area is 153 Å². The number of ether oxygens (including phenoxy) is 1. The van der Waals surface area contributed by atoms with Crippen molar-refractivity contribution in [2.24, 2.45) is 0 Å². The van der Waals surface area contributed by atoms with E-state index in [1.54, 1.807) is 24.5 Å². The van der Waals surface area contributed by atoms with Crippen LogP contribution in [0.25, 0.3) is 0 Å². The van der Waals surface area contributed by atoms with Gasteiger partial charge in [-0.3, -0.25) is 9.78 Å². The lowest BCUT2D eigenvalue weighted by Crippen LogP contribution is -2.45. The minimum absolute atomic E-state index is 0.0541. The highest BCUT2D eigenvalue weighted by Gasteiger charge is 2.21. The molecule has 6 heteroatoms. The summed E-state index contributed by atoms with van der Waals surface area (Å²) in [5.41, 5.74) is 2.00. The van der Waals surface area contributed by atoms with Crippen molar-refractivity contribution >= 4 is 5.91 Å². The maximum Gasteiger partial charge on any atom is 0.224 e. The maximum atomic E-state index is 13.1. The van der Waals surface area contributed by atoms with Gasteiger partial charge in [0, 0.05) is 44.5 Å². The van der Waals surface area contributed by atoms with Crippen molar-refractivity contribution in [1.82, 2.24) is 15.2 Å². The molecule has 0 saturated carbocycles. The number of morpholine rings is 1. The van der Waals surface area contributed by atoms with Gasteiger partial charge in [-0.2, -0.15) is 0 Å². The summed E-state index contributed by atoms with van der Waals surface area (Å²) in [4.78, 5) is 18.8. The zero-order valence-corrected chi connectivity index (χ0v) is 14.7. The third-order valence-corrected chi connectivity index (χ3v) is 4.45. The van der Waals surface area contributed by atoms with Crippen LogP contribution in [0.4, 0.5) is 4.39 Å². The highest BCUT2D eigenvalue weighted by atomic mass is 19.1. The van der Waals surface area contributed by atoms with E-state index in [4.69, 9.17) is 4.74 Å². The molecule has 26 heavy (non-hydrogen) atoms. The number of hydrogen-bond acceptors (Lipinski definition) is 4. The molecule has 0 radical (unpaired) electrons. The summed E-state index contributed by atoms with van der Waals surface area (Å²) in [5, 5.41) is 3.32. The van der Waals surface area contributed by atoms with Crippen LogP contribution in [-0.2, 0) is 22.5 Å². The van der Waals surface area contributed by atoms with E-state index in [-0.39, 0.29) is 17.8 Å². The fourth-order valence-corrected chi connectivity index (χ4v) is 3.01. The minimum atomic E-state index is -0.250. The Morgan fingerprint density at radius 3 is 2.81 bits per heavy atom. The lowest BCUT2D eigenvalue weighted by Gasteiger charge is -2.28. The van der Waals surface area contributed by atoms with Crippen LogP contribution in [0.5, 0.6) is 0 Å². The number of halogens is 1. The molecule has 1 aliphatic heterocycles. The van der Waals surface area contributed by atoms with E-state index in [9.17, 15) is 9.18 Å². The second-order valence-corrected chi connectivity index (χ2v) is 6.48. The van der Waals surface area contributed by atoms with E-state index in [1.165, 1.54) is 12.1 Å². The predicted octanol–water partition coefficient (Wildman–Crippen LogP) is 2.17. The van der Waals surface area contributed by atoms with E-state index >= 15 is 0 Å². The lowest BCUT2D eigenvalue weighted by atomic mass is 10.1. The zero-order valence-electron chi connectivity index (χ0n) is 14.7. The van der Waals surface area contributed by atoms with Gasteiger partial charge in [0.2, 0.25) is 5.91 Å². The zero-order chi connectivity index (χ0) is 18.2. The molecule has 1 aromatic carbocycles. The highest BCUT2D eigenvalue weighted by molar-refractivity contribution is 5.77. The summed E-state index contributed by atoms with van der Waals surface area (Å²) in [6.45, 7) is 3.11. The first kappa shape index (κ1) is 18.5. The van der Waals surface area contributed by atoms with Crippen LogP contribution in [0.1, 0.15) is 17.5 Å². The van der Waals surface area contributed by atoms with E-state index in [0.717, 1.165) is 17.7 Å². The van der Waals surface area contributed by atoms with E-state index in [0.29, 0.717) is 39.1 Å². The quantitative estimate of drug-likeness (QED) is 0.825. The number of carbonyl (C=O) groups is 1. The number of amides is 1. The summed E-state index contributed by atoms with van der Waals surface area (Å²) >= 11 is 0. The monoisotopic (exact) mass is 357 g/mol. The molecule has 0 bridgehead atoms. The van der Waals surface area contributed by atoms with Crippen molar-refractivity contribution < 1.29 is 13.9 Å². The molecular formula is C20H24FN3O2. The third-order valence-electron chi connectivity index (χ3n) is 4.45. The fraction of sp³-hybridized carbons (Fsp3) is 0.400. The van der Waals surface area contributed by atoms with Gasteiger partial charge in [-0.1, -0.05) is 18.2 Å². The molecule has 1 aliphatic rings. The molecule has 0 unspecified atom stereocenters. The molecule has 1 N–H and O–H groups in total. The Kier molecular flexibility index (Phi) is 6.68. The van der Waals surface area contributed by atoms with Crippen molar-refractivity contribution in [3.8, 4) is 0 Å². The molecule has 1 saturated heterocycles. The number of nitrogens with one attached hydrogen (secondary N) is 1. The number of benzene rings is 1. The van der Waals surface area contributed by atoms with Gasteiger partial charge < -0.3 is 15.0 Å². The first-order valence-electron chi connectivity index (χ1n) is 8.93. The van der Waals surface area contributed by atoms with Crippen LogP contribution in [0.2, 0.25) is 0 Å². The van der Waals surface area contributed by atoms with E-state index < -0.39 is 0 Å². The molecule has 5 nitrogen and oxygen atoms in total. The number of rotatable bonds is 7. The van der Waals surface area contributed by atoms with Crippen LogP contribution in [0.3, 0.4) is 0 Å². The topological polar surface area (TPSA) is 54.5 Å². The molecule has 0 spiro atoms. The molecule has 2 aromatic rings. The second kappa shape index (κ2) is 9.40. The summed E-state index contributed by atoms with van der Waals surface area (Å²) in [7, 11) is 0. The minimum Gasteiger partial charge on any atom is -0.378 e. The first-order valence-corrected chi connectivity index (χ1v) is 8.93. The van der Waals surface area contributed by atoms with Gasteiger partial charge in [0.1, 0.15) is 5.82 Å².